The first-order valence-corrected chi connectivity index (χ1v) is 5.88. The minimum absolute atomic E-state index is 0.249. The van der Waals surface area contributed by atoms with Crippen LogP contribution in [0.25, 0.3) is 0 Å². The molecule has 4 atom stereocenters. The Labute approximate surface area is 98.7 Å². The predicted molar refractivity (Wildman–Crippen MR) is 61.4 cm³/mol. The van der Waals surface area contributed by atoms with Gasteiger partial charge in [-0.15, -0.1) is 0 Å². The summed E-state index contributed by atoms with van der Waals surface area (Å²) in [5.74, 6) is 0. The van der Waals surface area contributed by atoms with E-state index in [-0.39, 0.29) is 13.0 Å². The van der Waals surface area contributed by atoms with Gasteiger partial charge >= 0.3 is 0 Å². The molecule has 0 unspecified atom stereocenters. The van der Waals surface area contributed by atoms with Gasteiger partial charge in [0.15, 0.2) is 5.17 Å². The minimum Gasteiger partial charge on any atom is -0.394 e. The van der Waals surface area contributed by atoms with Gasteiger partial charge in [0.25, 0.3) is 0 Å². The summed E-state index contributed by atoms with van der Waals surface area (Å²) in [4.78, 5) is 1.62. The fourth-order valence-corrected chi connectivity index (χ4v) is 2.32. The van der Waals surface area contributed by atoms with E-state index in [1.807, 2.05) is 0 Å². The Morgan fingerprint density at radius 2 is 2.12 bits per heavy atom. The van der Waals surface area contributed by atoms with E-state index >= 15 is 0 Å². The van der Waals surface area contributed by atoms with Crippen LogP contribution in [0.1, 0.15) is 6.42 Å². The van der Waals surface area contributed by atoms with Gasteiger partial charge in [-0.2, -0.15) is 0 Å². The Balaban J connectivity index is 2.53. The van der Waals surface area contributed by atoms with Gasteiger partial charge in [0, 0.05) is 20.5 Å². The summed E-state index contributed by atoms with van der Waals surface area (Å²) in [6, 6.07) is 0. The van der Waals surface area contributed by atoms with Gasteiger partial charge in [0.1, 0.15) is 17.6 Å². The number of aliphatic hydroxyl groups is 3. The average molecular weight is 250 g/mol. The van der Waals surface area contributed by atoms with E-state index in [9.17, 15) is 10.2 Å². The largest absolute Gasteiger partial charge is 0.394 e. The highest BCUT2D eigenvalue weighted by molar-refractivity contribution is 8.14. The fourth-order valence-electron chi connectivity index (χ4n) is 1.37. The molecular weight excluding hydrogens is 232 g/mol. The van der Waals surface area contributed by atoms with Crippen molar-refractivity contribution in [3.63, 3.8) is 0 Å². The zero-order valence-electron chi connectivity index (χ0n) is 9.33. The number of rotatable bonds is 2. The second-order valence-electron chi connectivity index (χ2n) is 3.90. The van der Waals surface area contributed by atoms with Crippen LogP contribution in [0.4, 0.5) is 0 Å². The van der Waals surface area contributed by atoms with E-state index < -0.39 is 23.7 Å². The molecule has 0 aromatic heterocycles. The Bertz CT molecular complexity index is 252. The summed E-state index contributed by atoms with van der Waals surface area (Å²) in [5.41, 5.74) is -0.412. The first-order chi connectivity index (χ1) is 7.45. The van der Waals surface area contributed by atoms with E-state index in [1.165, 1.54) is 0 Å². The maximum Gasteiger partial charge on any atom is 0.158 e. The monoisotopic (exact) mass is 250 g/mol. The molecule has 6 nitrogen and oxygen atoms in total. The van der Waals surface area contributed by atoms with Crippen molar-refractivity contribution >= 4 is 16.9 Å². The van der Waals surface area contributed by atoms with E-state index in [1.54, 1.807) is 19.0 Å². The molecule has 16 heavy (non-hydrogen) atoms. The quantitative estimate of drug-likeness (QED) is 0.372. The number of nitrogens with zero attached hydrogens (tertiary/aromatic N) is 1. The van der Waals surface area contributed by atoms with Crippen LogP contribution in [0.15, 0.2) is 0 Å². The summed E-state index contributed by atoms with van der Waals surface area (Å²) in [7, 11) is 3.49. The Morgan fingerprint density at radius 3 is 2.62 bits per heavy atom. The van der Waals surface area contributed by atoms with Crippen LogP contribution in [0.3, 0.4) is 0 Å². The van der Waals surface area contributed by atoms with Gasteiger partial charge in [-0.3, -0.25) is 5.41 Å². The lowest BCUT2D eigenvalue weighted by Gasteiger charge is -2.36. The Hall–Kier alpha value is -0.340. The molecule has 7 heteroatoms. The molecule has 0 spiro atoms. The third kappa shape index (κ3) is 3.33. The third-order valence-electron chi connectivity index (χ3n) is 2.36. The van der Waals surface area contributed by atoms with Crippen LogP contribution < -0.4 is 0 Å². The number of nitrogens with one attached hydrogen (secondary N) is 1. The summed E-state index contributed by atoms with van der Waals surface area (Å²) < 4.78 is 5.37. The molecular formula is C9H18N2O4S. The number of amidine groups is 1. The van der Waals surface area contributed by atoms with Crippen LogP contribution in [-0.2, 0) is 4.74 Å². The summed E-state index contributed by atoms with van der Waals surface area (Å²) >= 11 is 1.16. The van der Waals surface area contributed by atoms with Crippen LogP contribution in [0, 0.1) is 5.41 Å². The maximum atomic E-state index is 9.56. The molecule has 0 amide bonds. The first-order valence-electron chi connectivity index (χ1n) is 5.00. The lowest BCUT2D eigenvalue weighted by atomic mass is 10.0. The summed E-state index contributed by atoms with van der Waals surface area (Å²) in [6.45, 7) is -0.343. The molecule has 1 aliphatic rings. The zero-order valence-corrected chi connectivity index (χ0v) is 10.1. The highest BCUT2D eigenvalue weighted by Gasteiger charge is 2.37. The predicted octanol–water partition coefficient (Wildman–Crippen LogP) is -0.955. The van der Waals surface area contributed by atoms with Crippen molar-refractivity contribution in [3.8, 4) is 0 Å². The summed E-state index contributed by atoms with van der Waals surface area (Å²) in [5, 5.41) is 36.0. The van der Waals surface area contributed by atoms with Gasteiger partial charge in [-0.25, -0.2) is 0 Å². The van der Waals surface area contributed by atoms with Crippen LogP contribution >= 0.6 is 11.8 Å². The highest BCUT2D eigenvalue weighted by atomic mass is 32.2. The molecule has 1 rings (SSSR count). The summed E-state index contributed by atoms with van der Waals surface area (Å²) in [6.07, 6.45) is -2.51. The molecule has 0 radical (unpaired) electrons. The van der Waals surface area contributed by atoms with Crippen LogP contribution in [0.5, 0.6) is 0 Å². The van der Waals surface area contributed by atoms with Crippen molar-refractivity contribution in [1.29, 1.82) is 5.41 Å². The number of hydrogen-bond acceptors (Lipinski definition) is 6. The molecule has 1 saturated heterocycles. The maximum absolute atomic E-state index is 9.56. The molecule has 4 N–H and O–H groups in total. The van der Waals surface area contributed by atoms with Gasteiger partial charge in [0.2, 0.25) is 0 Å². The number of ether oxygens (including phenoxy) is 1. The van der Waals surface area contributed by atoms with E-state index in [0.717, 1.165) is 11.8 Å². The van der Waals surface area contributed by atoms with Crippen molar-refractivity contribution in [2.45, 2.75) is 30.2 Å². The van der Waals surface area contributed by atoms with Crippen molar-refractivity contribution < 1.29 is 20.1 Å². The standard InChI is InChI=1S/C9H18N2O4S/c1-11(2)9(10)16-7-3-5(13)8(14)6(4-12)15-7/h5-8,10,12-14H,3-4H2,1-2H3/t5-,6-,7-,8+/m1/s1. The second kappa shape index (κ2) is 5.83. The van der Waals surface area contributed by atoms with Crippen molar-refractivity contribution in [2.75, 3.05) is 20.7 Å². The van der Waals surface area contributed by atoms with Gasteiger partial charge in [0.05, 0.1) is 12.7 Å². The topological polar surface area (TPSA) is 97.0 Å². The number of aliphatic hydroxyl groups excluding tert-OH is 3. The average Bonchev–Trinajstić information content (AvgIpc) is 2.22. The van der Waals surface area contributed by atoms with Crippen LogP contribution in [0.2, 0.25) is 0 Å². The second-order valence-corrected chi connectivity index (χ2v) is 5.05. The molecule has 0 aromatic rings. The van der Waals surface area contributed by atoms with Crippen LogP contribution in [-0.4, -0.2) is 69.8 Å². The molecule has 0 saturated carbocycles. The van der Waals surface area contributed by atoms with Crippen molar-refractivity contribution in [1.82, 2.24) is 4.90 Å². The molecule has 1 aliphatic heterocycles. The van der Waals surface area contributed by atoms with E-state index in [2.05, 4.69) is 0 Å². The molecule has 1 heterocycles. The first kappa shape index (κ1) is 13.7. The van der Waals surface area contributed by atoms with Crippen molar-refractivity contribution in [3.05, 3.63) is 0 Å². The molecule has 1 fully saturated rings. The van der Waals surface area contributed by atoms with E-state index in [0.29, 0.717) is 5.17 Å². The smallest absolute Gasteiger partial charge is 0.158 e. The zero-order chi connectivity index (χ0) is 12.3. The SMILES string of the molecule is CN(C)C(=N)S[C@@H]1C[C@@H](O)[C@H](O)[C@@H](CO)O1. The fraction of sp³-hybridized carbons (Fsp3) is 0.889. The molecule has 94 valence electrons. The van der Waals surface area contributed by atoms with Crippen molar-refractivity contribution in [2.24, 2.45) is 0 Å². The minimum atomic E-state index is -1.06. The number of hydrogen-bond donors (Lipinski definition) is 4. The third-order valence-corrected chi connectivity index (χ3v) is 3.52. The van der Waals surface area contributed by atoms with Gasteiger partial charge in [-0.05, 0) is 0 Å². The Kier molecular flexibility index (Phi) is 5.00. The molecule has 0 bridgehead atoms. The lowest BCUT2D eigenvalue weighted by Crippen LogP contribution is -2.49. The molecule has 0 aromatic carbocycles. The Morgan fingerprint density at radius 1 is 1.50 bits per heavy atom. The highest BCUT2D eigenvalue weighted by Crippen LogP contribution is 2.28. The lowest BCUT2D eigenvalue weighted by molar-refractivity contribution is -0.156. The molecule has 0 aliphatic carbocycles. The number of thioether (sulfide) groups is 1. The van der Waals surface area contributed by atoms with Gasteiger partial charge in [-0.1, -0.05) is 11.8 Å². The normalized spacial score (nSPS) is 34.8. The van der Waals surface area contributed by atoms with Gasteiger partial charge < -0.3 is 25.0 Å². The van der Waals surface area contributed by atoms with E-state index in [4.69, 9.17) is 15.3 Å².